The maximum atomic E-state index is 4.41. The fraction of sp³-hybridized carbons (Fsp3) is 0.226. The minimum Gasteiger partial charge on any atom is -0.337 e. The summed E-state index contributed by atoms with van der Waals surface area (Å²) in [5.41, 5.74) is 7.80. The Labute approximate surface area is 191 Å². The van der Waals surface area contributed by atoms with Crippen molar-refractivity contribution in [3.05, 3.63) is 118 Å². The van der Waals surface area contributed by atoms with Crippen LogP contribution in [0.25, 0.3) is 18.7 Å². The number of fused-ring (bicyclic) bond motifs is 3. The Morgan fingerprint density at radius 1 is 1.06 bits per heavy atom. The molecule has 160 valence electrons. The first kappa shape index (κ1) is 20.6. The summed E-state index contributed by atoms with van der Waals surface area (Å²) >= 11 is 0. The molecule has 0 amide bonds. The Hall–Kier alpha value is -3.32. The molecule has 0 bridgehead atoms. The van der Waals surface area contributed by atoms with E-state index in [2.05, 4.69) is 111 Å². The smallest absolute Gasteiger partial charge is 0.0593 e. The molecule has 1 heteroatoms. The number of anilines is 1. The molecule has 0 spiro atoms. The summed E-state index contributed by atoms with van der Waals surface area (Å²) in [7, 11) is 0. The van der Waals surface area contributed by atoms with E-state index in [1.807, 2.05) is 0 Å². The van der Waals surface area contributed by atoms with Gasteiger partial charge in [0.2, 0.25) is 0 Å². The quantitative estimate of drug-likeness (QED) is 0.569. The van der Waals surface area contributed by atoms with E-state index in [9.17, 15) is 0 Å². The Balaban J connectivity index is 1.64. The third-order valence-electron chi connectivity index (χ3n) is 7.46. The molecular weight excluding hydrogens is 386 g/mol. The molecule has 0 radical (unpaired) electrons. The van der Waals surface area contributed by atoms with Crippen molar-refractivity contribution in [2.45, 2.75) is 38.1 Å². The van der Waals surface area contributed by atoms with Gasteiger partial charge in [0.1, 0.15) is 0 Å². The molecule has 0 saturated heterocycles. The van der Waals surface area contributed by atoms with Crippen molar-refractivity contribution in [1.29, 1.82) is 0 Å². The van der Waals surface area contributed by atoms with Crippen LogP contribution in [0.3, 0.4) is 0 Å². The van der Waals surface area contributed by atoms with Crippen molar-refractivity contribution < 1.29 is 0 Å². The number of hydrogen-bond donors (Lipinski definition) is 0. The van der Waals surface area contributed by atoms with E-state index in [0.29, 0.717) is 12.0 Å². The molecule has 0 N–H and O–H groups in total. The summed E-state index contributed by atoms with van der Waals surface area (Å²) in [6.07, 6.45) is 17.5. The first-order chi connectivity index (χ1) is 15.4. The first-order valence-corrected chi connectivity index (χ1v) is 11.5. The zero-order valence-electron chi connectivity index (χ0n) is 19.1. The monoisotopic (exact) mass is 417 g/mol. The molecule has 5 rings (SSSR count). The topological polar surface area (TPSA) is 3.24 Å². The fourth-order valence-corrected chi connectivity index (χ4v) is 5.67. The van der Waals surface area contributed by atoms with Crippen molar-refractivity contribution in [3.63, 3.8) is 0 Å². The number of nitrogens with zero attached hydrogens (tertiary/aromatic N) is 1. The third kappa shape index (κ3) is 3.15. The van der Waals surface area contributed by atoms with Gasteiger partial charge in [-0.1, -0.05) is 94.3 Å². The standard InChI is InChI=1S/C31H31N/c1-6-21(2)19-23-15-16-24-20-25(17-18-26(24)22(23)3)32-29-13-9-7-11-27(29)31(4,5)28-12-8-10-14-30(28)32/h6-16,19-20,27,29H,1-3,17-18H2,4-5H3/b23-19-. The Morgan fingerprint density at radius 3 is 2.66 bits per heavy atom. The predicted octanol–water partition coefficient (Wildman–Crippen LogP) is 5.82. The lowest BCUT2D eigenvalue weighted by Gasteiger charge is -2.51. The van der Waals surface area contributed by atoms with Gasteiger partial charge in [0.15, 0.2) is 0 Å². The number of para-hydroxylation sites is 1. The van der Waals surface area contributed by atoms with E-state index in [0.717, 1.165) is 28.9 Å². The van der Waals surface area contributed by atoms with Gasteiger partial charge in [-0.15, -0.1) is 0 Å². The van der Waals surface area contributed by atoms with Crippen LogP contribution in [-0.2, 0) is 11.8 Å². The molecule has 0 fully saturated rings. The van der Waals surface area contributed by atoms with E-state index < -0.39 is 0 Å². The highest BCUT2D eigenvalue weighted by molar-refractivity contribution is 5.72. The number of hydrogen-bond acceptors (Lipinski definition) is 1. The molecule has 0 aromatic heterocycles. The molecule has 2 aromatic rings. The molecule has 2 aliphatic carbocycles. The predicted molar refractivity (Wildman–Crippen MR) is 139 cm³/mol. The Kier molecular flexibility index (Phi) is 4.93. The third-order valence-corrected chi connectivity index (χ3v) is 7.46. The van der Waals surface area contributed by atoms with Crippen molar-refractivity contribution in [3.8, 4) is 0 Å². The van der Waals surface area contributed by atoms with Gasteiger partial charge in [-0.25, -0.2) is 0 Å². The van der Waals surface area contributed by atoms with Crippen LogP contribution in [0.5, 0.6) is 0 Å². The summed E-state index contributed by atoms with van der Waals surface area (Å²) in [6, 6.07) is 13.7. The van der Waals surface area contributed by atoms with Gasteiger partial charge in [0, 0.05) is 22.7 Å². The van der Waals surface area contributed by atoms with Gasteiger partial charge in [0.05, 0.1) is 6.04 Å². The lowest BCUT2D eigenvalue weighted by Crippen LogP contribution is -2.51. The molecule has 2 unspecified atom stereocenters. The minimum absolute atomic E-state index is 0.0882. The second-order valence-corrected chi connectivity index (χ2v) is 9.66. The number of allylic oxidation sites excluding steroid dienone is 5. The van der Waals surface area contributed by atoms with Crippen molar-refractivity contribution in [2.24, 2.45) is 5.92 Å². The molecule has 3 aliphatic rings. The van der Waals surface area contributed by atoms with E-state index in [1.165, 1.54) is 28.1 Å². The summed E-state index contributed by atoms with van der Waals surface area (Å²) in [6.45, 7) is 17.0. The van der Waals surface area contributed by atoms with Gasteiger partial charge in [-0.3, -0.25) is 0 Å². The van der Waals surface area contributed by atoms with E-state index in [1.54, 1.807) is 6.08 Å². The van der Waals surface area contributed by atoms with Crippen LogP contribution < -0.4 is 15.3 Å². The summed E-state index contributed by atoms with van der Waals surface area (Å²) in [5, 5.41) is 2.25. The van der Waals surface area contributed by atoms with Crippen molar-refractivity contribution in [2.75, 3.05) is 4.90 Å². The van der Waals surface area contributed by atoms with Gasteiger partial charge in [0.25, 0.3) is 0 Å². The zero-order valence-corrected chi connectivity index (χ0v) is 19.1. The van der Waals surface area contributed by atoms with Crippen LogP contribution in [0.1, 0.15) is 37.0 Å². The maximum absolute atomic E-state index is 4.41. The Bertz CT molecular complexity index is 1310. The average Bonchev–Trinajstić information content (AvgIpc) is 2.81. The van der Waals surface area contributed by atoms with Crippen LogP contribution in [-0.4, -0.2) is 6.04 Å². The summed E-state index contributed by atoms with van der Waals surface area (Å²) < 4.78 is 0. The largest absolute Gasteiger partial charge is 0.337 e. The molecule has 0 saturated carbocycles. The summed E-state index contributed by atoms with van der Waals surface area (Å²) in [5.74, 6) is 0.440. The lowest BCUT2D eigenvalue weighted by molar-refractivity contribution is 0.327. The maximum Gasteiger partial charge on any atom is 0.0593 e. The highest BCUT2D eigenvalue weighted by atomic mass is 15.2. The molecular formula is C31H31N. The second-order valence-electron chi connectivity index (χ2n) is 9.66. The number of benzene rings is 2. The van der Waals surface area contributed by atoms with Crippen LogP contribution in [0.4, 0.5) is 5.69 Å². The summed E-state index contributed by atoms with van der Waals surface area (Å²) in [4.78, 5) is 2.59. The van der Waals surface area contributed by atoms with Crippen LogP contribution in [0.2, 0.25) is 0 Å². The fourth-order valence-electron chi connectivity index (χ4n) is 5.67. The number of rotatable bonds is 3. The van der Waals surface area contributed by atoms with Crippen molar-refractivity contribution >= 4 is 24.4 Å². The lowest BCUT2D eigenvalue weighted by atomic mass is 9.65. The molecule has 2 atom stereocenters. The molecule has 32 heavy (non-hydrogen) atoms. The molecule has 1 aliphatic heterocycles. The first-order valence-electron chi connectivity index (χ1n) is 11.5. The van der Waals surface area contributed by atoms with Gasteiger partial charge >= 0.3 is 0 Å². The second kappa shape index (κ2) is 7.67. The zero-order chi connectivity index (χ0) is 22.5. The van der Waals surface area contributed by atoms with Crippen LogP contribution in [0.15, 0.2) is 91.2 Å². The Morgan fingerprint density at radius 2 is 1.84 bits per heavy atom. The SMILES string of the molecule is C=CC(=C)/C=c1/ccc2c(c1=C)CCC(N1c3ccccc3C(C)(C)C3C=CC=CC31)=C2. The van der Waals surface area contributed by atoms with Crippen LogP contribution in [0, 0.1) is 5.92 Å². The molecule has 1 nitrogen and oxygen atoms in total. The van der Waals surface area contributed by atoms with E-state index >= 15 is 0 Å². The van der Waals surface area contributed by atoms with Crippen LogP contribution >= 0.6 is 0 Å². The van der Waals surface area contributed by atoms with E-state index in [-0.39, 0.29) is 5.41 Å². The minimum atomic E-state index is 0.0882. The average molecular weight is 418 g/mol. The van der Waals surface area contributed by atoms with Gasteiger partial charge < -0.3 is 4.90 Å². The highest BCUT2D eigenvalue weighted by Gasteiger charge is 2.45. The van der Waals surface area contributed by atoms with Crippen molar-refractivity contribution in [1.82, 2.24) is 0 Å². The molecule has 2 aromatic carbocycles. The van der Waals surface area contributed by atoms with Gasteiger partial charge in [-0.2, -0.15) is 0 Å². The van der Waals surface area contributed by atoms with Gasteiger partial charge in [-0.05, 0) is 63.8 Å². The highest BCUT2D eigenvalue weighted by Crippen LogP contribution is 2.50. The normalized spacial score (nSPS) is 23.1. The molecule has 1 heterocycles. The van der Waals surface area contributed by atoms with E-state index in [4.69, 9.17) is 0 Å².